The maximum Gasteiger partial charge on any atom is 0.315 e. The second kappa shape index (κ2) is 9.98. The van der Waals surface area contributed by atoms with Crippen LogP contribution in [0.4, 0.5) is 10.6 Å². The van der Waals surface area contributed by atoms with E-state index < -0.39 is 0 Å². The van der Waals surface area contributed by atoms with E-state index in [1.165, 1.54) is 29.7 Å². The molecule has 166 valence electrons. The molecule has 2 aliphatic rings. The highest BCUT2D eigenvalue weighted by Crippen LogP contribution is 2.29. The highest BCUT2D eigenvalue weighted by molar-refractivity contribution is 5.74. The predicted octanol–water partition coefficient (Wildman–Crippen LogP) is 3.18. The van der Waals surface area contributed by atoms with Crippen LogP contribution in [-0.2, 0) is 19.3 Å². The molecular formula is C24H33N5O2. The Labute approximate surface area is 184 Å². The van der Waals surface area contributed by atoms with E-state index in [0.29, 0.717) is 6.54 Å². The van der Waals surface area contributed by atoms with Gasteiger partial charge in [-0.2, -0.15) is 0 Å². The van der Waals surface area contributed by atoms with Crippen LogP contribution in [0.1, 0.15) is 48.3 Å². The summed E-state index contributed by atoms with van der Waals surface area (Å²) in [5.41, 5.74) is 3.77. The van der Waals surface area contributed by atoms with Crippen LogP contribution in [-0.4, -0.2) is 48.8 Å². The number of amides is 2. The Morgan fingerprint density at radius 1 is 1.13 bits per heavy atom. The standard InChI is InChI=1S/C24H33N5O2/c1-17-26-22-6-4-3-5-21(22)23(27-17)29-15-12-19(13-16-29)28-24(30)25-14-11-18-7-9-20(31-2)10-8-18/h7-10,19H,3-6,11-16H2,1-2H3,(H2,25,28,30). The first-order valence-corrected chi connectivity index (χ1v) is 11.4. The van der Waals surface area contributed by atoms with E-state index >= 15 is 0 Å². The molecule has 4 rings (SSSR count). The van der Waals surface area contributed by atoms with Gasteiger partial charge in [0.25, 0.3) is 0 Å². The van der Waals surface area contributed by atoms with E-state index in [0.717, 1.165) is 62.6 Å². The summed E-state index contributed by atoms with van der Waals surface area (Å²) >= 11 is 0. The van der Waals surface area contributed by atoms with Gasteiger partial charge in [0.15, 0.2) is 0 Å². The number of aryl methyl sites for hydroxylation is 2. The third-order valence-corrected chi connectivity index (χ3v) is 6.26. The van der Waals surface area contributed by atoms with Gasteiger partial charge in [0.05, 0.1) is 7.11 Å². The molecule has 0 saturated carbocycles. The average Bonchev–Trinajstić information content (AvgIpc) is 2.79. The maximum absolute atomic E-state index is 12.3. The third-order valence-electron chi connectivity index (χ3n) is 6.26. The Kier molecular flexibility index (Phi) is 6.89. The van der Waals surface area contributed by atoms with Crippen molar-refractivity contribution >= 4 is 11.8 Å². The SMILES string of the molecule is COc1ccc(CCNC(=O)NC2CCN(c3nc(C)nc4c3CCCC4)CC2)cc1. The van der Waals surface area contributed by atoms with Crippen molar-refractivity contribution in [1.82, 2.24) is 20.6 Å². The Morgan fingerprint density at radius 2 is 1.87 bits per heavy atom. The summed E-state index contributed by atoms with van der Waals surface area (Å²) in [4.78, 5) is 24.2. The molecular weight excluding hydrogens is 390 g/mol. The molecule has 1 aromatic carbocycles. The van der Waals surface area contributed by atoms with Crippen LogP contribution in [0.3, 0.4) is 0 Å². The van der Waals surface area contributed by atoms with Gasteiger partial charge >= 0.3 is 6.03 Å². The number of rotatable bonds is 6. The molecule has 7 heteroatoms. The number of urea groups is 1. The topological polar surface area (TPSA) is 79.4 Å². The van der Waals surface area contributed by atoms with Gasteiger partial charge in [-0.3, -0.25) is 0 Å². The van der Waals surface area contributed by atoms with Gasteiger partial charge in [-0.15, -0.1) is 0 Å². The summed E-state index contributed by atoms with van der Waals surface area (Å²) in [6.07, 6.45) is 7.27. The minimum absolute atomic E-state index is 0.0813. The zero-order chi connectivity index (χ0) is 21.6. The molecule has 0 atom stereocenters. The molecule has 31 heavy (non-hydrogen) atoms. The van der Waals surface area contributed by atoms with Crippen LogP contribution < -0.4 is 20.3 Å². The number of nitrogens with one attached hydrogen (secondary N) is 2. The lowest BCUT2D eigenvalue weighted by atomic mass is 9.95. The molecule has 2 amide bonds. The largest absolute Gasteiger partial charge is 0.497 e. The summed E-state index contributed by atoms with van der Waals surface area (Å²) in [5.74, 6) is 2.84. The second-order valence-corrected chi connectivity index (χ2v) is 8.49. The Bertz CT molecular complexity index is 892. The van der Waals surface area contributed by atoms with E-state index in [1.54, 1.807) is 7.11 Å². The number of carbonyl (C=O) groups is 1. The monoisotopic (exact) mass is 423 g/mol. The van der Waals surface area contributed by atoms with Crippen LogP contribution in [0.15, 0.2) is 24.3 Å². The second-order valence-electron chi connectivity index (χ2n) is 8.49. The van der Waals surface area contributed by atoms with Crippen LogP contribution >= 0.6 is 0 Å². The summed E-state index contributed by atoms with van der Waals surface area (Å²) in [7, 11) is 1.66. The van der Waals surface area contributed by atoms with Gasteiger partial charge in [-0.05, 0) is 69.6 Å². The van der Waals surface area contributed by atoms with Crippen molar-refractivity contribution in [3.63, 3.8) is 0 Å². The molecule has 0 unspecified atom stereocenters. The molecule has 1 aromatic heterocycles. The molecule has 1 aliphatic heterocycles. The minimum atomic E-state index is -0.0813. The van der Waals surface area contributed by atoms with Gasteiger partial charge < -0.3 is 20.3 Å². The van der Waals surface area contributed by atoms with Gasteiger partial charge in [0, 0.05) is 36.9 Å². The van der Waals surface area contributed by atoms with Crippen molar-refractivity contribution < 1.29 is 9.53 Å². The van der Waals surface area contributed by atoms with Crippen molar-refractivity contribution in [2.24, 2.45) is 0 Å². The first-order valence-electron chi connectivity index (χ1n) is 11.4. The molecule has 2 aromatic rings. The van der Waals surface area contributed by atoms with Crippen LogP contribution in [0.2, 0.25) is 0 Å². The number of benzene rings is 1. The lowest BCUT2D eigenvalue weighted by Gasteiger charge is -2.35. The lowest BCUT2D eigenvalue weighted by molar-refractivity contribution is 0.234. The molecule has 1 fully saturated rings. The van der Waals surface area contributed by atoms with E-state index in [1.807, 2.05) is 31.2 Å². The summed E-state index contributed by atoms with van der Waals surface area (Å²) in [5, 5.41) is 6.12. The fraction of sp³-hybridized carbons (Fsp3) is 0.542. The number of hydrogen-bond donors (Lipinski definition) is 2. The van der Waals surface area contributed by atoms with Crippen LogP contribution in [0, 0.1) is 6.92 Å². The minimum Gasteiger partial charge on any atom is -0.497 e. The van der Waals surface area contributed by atoms with Crippen molar-refractivity contribution in [2.75, 3.05) is 31.6 Å². The number of hydrogen-bond acceptors (Lipinski definition) is 5. The van der Waals surface area contributed by atoms with Crippen LogP contribution in [0.5, 0.6) is 5.75 Å². The number of anilines is 1. The molecule has 1 saturated heterocycles. The quantitative estimate of drug-likeness (QED) is 0.746. The van der Waals surface area contributed by atoms with E-state index in [4.69, 9.17) is 9.72 Å². The number of nitrogens with zero attached hydrogens (tertiary/aromatic N) is 3. The van der Waals surface area contributed by atoms with Gasteiger partial charge in [-0.25, -0.2) is 14.8 Å². The fourth-order valence-corrected chi connectivity index (χ4v) is 4.54. The number of piperidine rings is 1. The van der Waals surface area contributed by atoms with Gasteiger partial charge in [0.1, 0.15) is 17.4 Å². The van der Waals surface area contributed by atoms with E-state index in [9.17, 15) is 4.79 Å². The molecule has 1 aliphatic carbocycles. The molecule has 7 nitrogen and oxygen atoms in total. The summed E-state index contributed by atoms with van der Waals surface area (Å²) in [6.45, 7) is 4.44. The van der Waals surface area contributed by atoms with Gasteiger partial charge in [0.2, 0.25) is 0 Å². The van der Waals surface area contributed by atoms with Crippen molar-refractivity contribution in [3.8, 4) is 5.75 Å². The lowest BCUT2D eigenvalue weighted by Crippen LogP contribution is -2.48. The van der Waals surface area contributed by atoms with Gasteiger partial charge in [-0.1, -0.05) is 12.1 Å². The Morgan fingerprint density at radius 3 is 2.61 bits per heavy atom. The fourth-order valence-electron chi connectivity index (χ4n) is 4.54. The highest BCUT2D eigenvalue weighted by atomic mass is 16.5. The molecule has 0 bridgehead atoms. The van der Waals surface area contributed by atoms with Crippen molar-refractivity contribution in [1.29, 1.82) is 0 Å². The summed E-state index contributed by atoms with van der Waals surface area (Å²) in [6, 6.07) is 8.07. The van der Waals surface area contributed by atoms with Crippen LogP contribution in [0.25, 0.3) is 0 Å². The number of aromatic nitrogens is 2. The zero-order valence-corrected chi connectivity index (χ0v) is 18.6. The zero-order valence-electron chi connectivity index (χ0n) is 18.6. The smallest absolute Gasteiger partial charge is 0.315 e. The molecule has 2 N–H and O–H groups in total. The first-order chi connectivity index (χ1) is 15.1. The third kappa shape index (κ3) is 5.46. The maximum atomic E-state index is 12.3. The van der Waals surface area contributed by atoms with E-state index in [-0.39, 0.29) is 12.1 Å². The molecule has 0 spiro atoms. The first kappa shape index (κ1) is 21.4. The van der Waals surface area contributed by atoms with Crippen molar-refractivity contribution in [3.05, 3.63) is 46.9 Å². The van der Waals surface area contributed by atoms with Crippen molar-refractivity contribution in [2.45, 2.75) is 57.9 Å². The number of ether oxygens (including phenoxy) is 1. The molecule has 2 heterocycles. The normalized spacial score (nSPS) is 16.5. The molecule has 0 radical (unpaired) electrons. The van der Waals surface area contributed by atoms with E-state index in [2.05, 4.69) is 20.5 Å². The number of carbonyl (C=O) groups excluding carboxylic acids is 1. The Hall–Kier alpha value is -2.83. The predicted molar refractivity (Wildman–Crippen MR) is 122 cm³/mol. The summed E-state index contributed by atoms with van der Waals surface area (Å²) < 4.78 is 5.18. The average molecular weight is 424 g/mol. The highest BCUT2D eigenvalue weighted by Gasteiger charge is 2.25. The Balaban J connectivity index is 1.23. The number of fused-ring (bicyclic) bond motifs is 1. The number of methoxy groups -OCH3 is 1.